The lowest BCUT2D eigenvalue weighted by molar-refractivity contribution is 0.0600. The number of carbonyl (C=O) groups is 1. The number of esters is 1. The third-order valence-corrected chi connectivity index (χ3v) is 4.18. The number of carbonyl (C=O) groups excluding carboxylic acids is 1. The second-order valence-electron chi connectivity index (χ2n) is 6.24. The lowest BCUT2D eigenvalue weighted by Gasteiger charge is -2.04. The Labute approximate surface area is 161 Å². The van der Waals surface area contributed by atoms with Gasteiger partial charge in [0, 0.05) is 6.54 Å². The molecule has 0 amide bonds. The van der Waals surface area contributed by atoms with Crippen LogP contribution in [0.4, 0.5) is 5.95 Å². The zero-order valence-electron chi connectivity index (χ0n) is 15.5. The van der Waals surface area contributed by atoms with Crippen molar-refractivity contribution in [1.29, 1.82) is 0 Å². The molecule has 0 spiro atoms. The summed E-state index contributed by atoms with van der Waals surface area (Å²) >= 11 is 0. The SMILES string of the molecule is COC(=O)c1ccc(CCCCn2cc(Cn3cnc(N)nc3=O)nn2)cc1. The standard InChI is InChI=1S/C18H21N7O3/c1-28-16(26)14-7-5-13(6-8-14)4-2-3-9-25-11-15(22-23-25)10-24-12-20-17(19)21-18(24)27/h5-8,11-12H,2-4,9-10H2,1H3,(H2,19,21,27). The van der Waals surface area contributed by atoms with Gasteiger partial charge >= 0.3 is 11.7 Å². The molecule has 3 rings (SSSR count). The fourth-order valence-corrected chi connectivity index (χ4v) is 2.70. The summed E-state index contributed by atoms with van der Waals surface area (Å²) in [6.45, 7) is 0.964. The molecule has 3 aromatic rings. The van der Waals surface area contributed by atoms with Crippen LogP contribution in [-0.4, -0.2) is 42.6 Å². The van der Waals surface area contributed by atoms with E-state index in [0.717, 1.165) is 31.4 Å². The maximum atomic E-state index is 11.7. The highest BCUT2D eigenvalue weighted by Gasteiger charge is 2.06. The van der Waals surface area contributed by atoms with E-state index in [9.17, 15) is 9.59 Å². The molecule has 10 nitrogen and oxygen atoms in total. The number of rotatable bonds is 8. The minimum absolute atomic E-state index is 0.0511. The lowest BCUT2D eigenvalue weighted by Crippen LogP contribution is -2.25. The third kappa shape index (κ3) is 5.00. The topological polar surface area (TPSA) is 131 Å². The Bertz CT molecular complexity index is 995. The Morgan fingerprint density at radius 1 is 1.21 bits per heavy atom. The molecule has 0 bridgehead atoms. The van der Waals surface area contributed by atoms with Gasteiger partial charge in [-0.15, -0.1) is 5.10 Å². The Hall–Kier alpha value is -3.56. The van der Waals surface area contributed by atoms with Gasteiger partial charge in [0.2, 0.25) is 5.95 Å². The Morgan fingerprint density at radius 2 is 2.00 bits per heavy atom. The Kier molecular flexibility index (Phi) is 6.10. The van der Waals surface area contributed by atoms with E-state index < -0.39 is 5.69 Å². The molecular formula is C18H21N7O3. The number of methoxy groups -OCH3 is 1. The van der Waals surface area contributed by atoms with E-state index >= 15 is 0 Å². The van der Waals surface area contributed by atoms with E-state index in [1.807, 2.05) is 12.1 Å². The van der Waals surface area contributed by atoms with Crippen LogP contribution in [0.5, 0.6) is 0 Å². The van der Waals surface area contributed by atoms with E-state index in [4.69, 9.17) is 5.73 Å². The van der Waals surface area contributed by atoms with Crippen molar-refractivity contribution in [2.24, 2.45) is 0 Å². The molecule has 0 radical (unpaired) electrons. The van der Waals surface area contributed by atoms with Crippen LogP contribution in [0.2, 0.25) is 0 Å². The van der Waals surface area contributed by atoms with Crippen LogP contribution in [0.15, 0.2) is 41.6 Å². The van der Waals surface area contributed by atoms with Crippen LogP contribution < -0.4 is 11.4 Å². The van der Waals surface area contributed by atoms with Crippen molar-refractivity contribution in [3.05, 3.63) is 64.1 Å². The van der Waals surface area contributed by atoms with Gasteiger partial charge in [-0.3, -0.25) is 9.25 Å². The summed E-state index contributed by atoms with van der Waals surface area (Å²) in [5.41, 5.74) is 7.26. The summed E-state index contributed by atoms with van der Waals surface area (Å²) in [6, 6.07) is 7.42. The second-order valence-corrected chi connectivity index (χ2v) is 6.24. The number of aromatic nitrogens is 6. The quantitative estimate of drug-likeness (QED) is 0.443. The first-order chi connectivity index (χ1) is 13.5. The molecule has 0 atom stereocenters. The van der Waals surface area contributed by atoms with Crippen molar-refractivity contribution in [2.75, 3.05) is 12.8 Å². The molecule has 0 aliphatic carbocycles. The van der Waals surface area contributed by atoms with Gasteiger partial charge in [0.25, 0.3) is 0 Å². The van der Waals surface area contributed by atoms with E-state index in [1.54, 1.807) is 23.0 Å². The van der Waals surface area contributed by atoms with Crippen LogP contribution in [-0.2, 0) is 24.2 Å². The predicted molar refractivity (Wildman–Crippen MR) is 101 cm³/mol. The fraction of sp³-hybridized carbons (Fsp3) is 0.333. The van der Waals surface area contributed by atoms with Crippen LogP contribution in [0.3, 0.4) is 0 Å². The van der Waals surface area contributed by atoms with Crippen molar-refractivity contribution >= 4 is 11.9 Å². The number of ether oxygens (including phenoxy) is 1. The highest BCUT2D eigenvalue weighted by molar-refractivity contribution is 5.89. The van der Waals surface area contributed by atoms with Crippen LogP contribution in [0, 0.1) is 0 Å². The molecule has 146 valence electrons. The summed E-state index contributed by atoms with van der Waals surface area (Å²) in [4.78, 5) is 30.5. The largest absolute Gasteiger partial charge is 0.465 e. The van der Waals surface area contributed by atoms with Gasteiger partial charge in [-0.1, -0.05) is 17.3 Å². The summed E-state index contributed by atoms with van der Waals surface area (Å²) < 4.78 is 7.76. The van der Waals surface area contributed by atoms with Gasteiger partial charge in [-0.2, -0.15) is 4.98 Å². The minimum Gasteiger partial charge on any atom is -0.465 e. The number of benzene rings is 1. The van der Waals surface area contributed by atoms with Crippen molar-refractivity contribution in [1.82, 2.24) is 29.5 Å². The lowest BCUT2D eigenvalue weighted by atomic mass is 10.1. The van der Waals surface area contributed by atoms with Crippen molar-refractivity contribution < 1.29 is 9.53 Å². The maximum Gasteiger partial charge on any atom is 0.352 e. The van der Waals surface area contributed by atoms with Crippen LogP contribution in [0.1, 0.15) is 34.5 Å². The predicted octanol–water partition coefficient (Wildman–Crippen LogP) is 0.670. The summed E-state index contributed by atoms with van der Waals surface area (Å²) in [5, 5.41) is 8.15. The zero-order valence-corrected chi connectivity index (χ0v) is 15.5. The molecule has 0 saturated heterocycles. The van der Waals surface area contributed by atoms with Crippen molar-refractivity contribution in [2.45, 2.75) is 32.4 Å². The number of nitrogens with zero attached hydrogens (tertiary/aromatic N) is 6. The first kappa shape index (κ1) is 19.2. The van der Waals surface area contributed by atoms with Crippen LogP contribution in [0.25, 0.3) is 0 Å². The average Bonchev–Trinajstić information content (AvgIpc) is 3.14. The first-order valence-electron chi connectivity index (χ1n) is 8.80. The molecule has 10 heteroatoms. The molecule has 0 fully saturated rings. The Morgan fingerprint density at radius 3 is 2.71 bits per heavy atom. The minimum atomic E-state index is -0.472. The van der Waals surface area contributed by atoms with E-state index in [2.05, 4.69) is 25.0 Å². The number of nitrogen functional groups attached to an aromatic ring is 1. The number of unbranched alkanes of at least 4 members (excludes halogenated alkanes) is 1. The Balaban J connectivity index is 1.45. The highest BCUT2D eigenvalue weighted by Crippen LogP contribution is 2.09. The molecule has 0 unspecified atom stereocenters. The molecule has 0 saturated carbocycles. The summed E-state index contributed by atoms with van der Waals surface area (Å²) in [5.74, 6) is -0.383. The highest BCUT2D eigenvalue weighted by atomic mass is 16.5. The summed E-state index contributed by atoms with van der Waals surface area (Å²) in [6.07, 6.45) is 5.94. The monoisotopic (exact) mass is 383 g/mol. The van der Waals surface area contributed by atoms with E-state index in [1.165, 1.54) is 18.0 Å². The smallest absolute Gasteiger partial charge is 0.352 e. The van der Waals surface area contributed by atoms with E-state index in [0.29, 0.717) is 11.3 Å². The summed E-state index contributed by atoms with van der Waals surface area (Å²) in [7, 11) is 1.37. The molecule has 2 N–H and O–H groups in total. The number of hydrogen-bond donors (Lipinski definition) is 1. The van der Waals surface area contributed by atoms with Gasteiger partial charge in [0.15, 0.2) is 0 Å². The third-order valence-electron chi connectivity index (χ3n) is 4.18. The fourth-order valence-electron chi connectivity index (χ4n) is 2.70. The molecule has 28 heavy (non-hydrogen) atoms. The van der Waals surface area contributed by atoms with E-state index in [-0.39, 0.29) is 18.5 Å². The number of aryl methyl sites for hydroxylation is 2. The van der Waals surface area contributed by atoms with Gasteiger partial charge < -0.3 is 10.5 Å². The first-order valence-corrected chi connectivity index (χ1v) is 8.80. The molecule has 2 aromatic heterocycles. The van der Waals surface area contributed by atoms with Gasteiger partial charge in [0.05, 0.1) is 25.4 Å². The van der Waals surface area contributed by atoms with Crippen molar-refractivity contribution in [3.63, 3.8) is 0 Å². The van der Waals surface area contributed by atoms with Gasteiger partial charge in [-0.05, 0) is 37.0 Å². The molecule has 0 aliphatic rings. The normalized spacial score (nSPS) is 10.8. The maximum absolute atomic E-state index is 11.7. The second kappa shape index (κ2) is 8.89. The van der Waals surface area contributed by atoms with Gasteiger partial charge in [0.1, 0.15) is 12.0 Å². The average molecular weight is 383 g/mol. The zero-order chi connectivity index (χ0) is 19.9. The molecule has 0 aliphatic heterocycles. The van der Waals surface area contributed by atoms with Crippen LogP contribution >= 0.6 is 0 Å². The van der Waals surface area contributed by atoms with Crippen molar-refractivity contribution in [3.8, 4) is 0 Å². The number of anilines is 1. The number of hydrogen-bond acceptors (Lipinski definition) is 8. The molecular weight excluding hydrogens is 362 g/mol. The molecule has 2 heterocycles. The number of nitrogens with two attached hydrogens (primary N) is 1. The molecule has 1 aromatic carbocycles. The van der Waals surface area contributed by atoms with Gasteiger partial charge in [-0.25, -0.2) is 14.6 Å².